The summed E-state index contributed by atoms with van der Waals surface area (Å²) in [6.07, 6.45) is 6.84. The SMILES string of the molecule is CCCN1CC=C(c2c[nH]c3ccc(N)cc23)CC1. The normalized spacial score (nSPS) is 16.8. The van der Waals surface area contributed by atoms with Crippen molar-refractivity contribution >= 4 is 22.2 Å². The zero-order valence-corrected chi connectivity index (χ0v) is 11.4. The number of H-pyrrole nitrogens is 1. The predicted octanol–water partition coefficient (Wildman–Crippen LogP) is 3.25. The predicted molar refractivity (Wildman–Crippen MR) is 82.0 cm³/mol. The minimum Gasteiger partial charge on any atom is -0.399 e. The highest BCUT2D eigenvalue weighted by atomic mass is 15.1. The number of rotatable bonds is 3. The number of aromatic amines is 1. The van der Waals surface area contributed by atoms with E-state index in [4.69, 9.17) is 5.73 Å². The van der Waals surface area contributed by atoms with Gasteiger partial charge in [0, 0.05) is 41.4 Å². The van der Waals surface area contributed by atoms with Gasteiger partial charge in [0.1, 0.15) is 0 Å². The van der Waals surface area contributed by atoms with Crippen LogP contribution in [-0.2, 0) is 0 Å². The maximum absolute atomic E-state index is 5.90. The van der Waals surface area contributed by atoms with E-state index in [1.54, 1.807) is 0 Å². The Kier molecular flexibility index (Phi) is 3.30. The van der Waals surface area contributed by atoms with Crippen molar-refractivity contribution in [1.29, 1.82) is 0 Å². The molecule has 2 heterocycles. The van der Waals surface area contributed by atoms with Crippen LogP contribution in [0.25, 0.3) is 16.5 Å². The van der Waals surface area contributed by atoms with E-state index in [1.807, 2.05) is 6.07 Å². The first-order chi connectivity index (χ1) is 9.28. The first kappa shape index (κ1) is 12.3. The van der Waals surface area contributed by atoms with Gasteiger partial charge in [-0.25, -0.2) is 0 Å². The second kappa shape index (κ2) is 5.10. The first-order valence-corrected chi connectivity index (χ1v) is 7.06. The molecule has 1 aromatic carbocycles. The number of hydrogen-bond donors (Lipinski definition) is 2. The van der Waals surface area contributed by atoms with Crippen molar-refractivity contribution in [3.05, 3.63) is 36.0 Å². The number of nitrogens with zero attached hydrogens (tertiary/aromatic N) is 1. The molecule has 3 heteroatoms. The van der Waals surface area contributed by atoms with Gasteiger partial charge in [-0.2, -0.15) is 0 Å². The van der Waals surface area contributed by atoms with E-state index in [1.165, 1.54) is 35.0 Å². The molecule has 3 rings (SSSR count). The molecular weight excluding hydrogens is 234 g/mol. The topological polar surface area (TPSA) is 45.0 Å². The number of nitrogens with one attached hydrogen (secondary N) is 1. The summed E-state index contributed by atoms with van der Waals surface area (Å²) in [4.78, 5) is 5.85. The molecule has 0 bridgehead atoms. The summed E-state index contributed by atoms with van der Waals surface area (Å²) >= 11 is 0. The Morgan fingerprint density at radius 2 is 2.26 bits per heavy atom. The molecule has 3 N–H and O–H groups in total. The lowest BCUT2D eigenvalue weighted by Gasteiger charge is -2.25. The Bertz CT molecular complexity index is 609. The molecule has 0 fully saturated rings. The lowest BCUT2D eigenvalue weighted by atomic mass is 9.98. The van der Waals surface area contributed by atoms with Gasteiger partial charge in [0.15, 0.2) is 0 Å². The summed E-state index contributed by atoms with van der Waals surface area (Å²) in [5, 5.41) is 1.25. The second-order valence-corrected chi connectivity index (χ2v) is 5.29. The molecule has 1 aromatic heterocycles. The van der Waals surface area contributed by atoms with Crippen LogP contribution in [0.1, 0.15) is 25.3 Å². The molecule has 0 aliphatic carbocycles. The average Bonchev–Trinajstić information content (AvgIpc) is 2.83. The molecule has 19 heavy (non-hydrogen) atoms. The van der Waals surface area contributed by atoms with Gasteiger partial charge < -0.3 is 10.7 Å². The van der Waals surface area contributed by atoms with E-state index >= 15 is 0 Å². The van der Waals surface area contributed by atoms with E-state index < -0.39 is 0 Å². The first-order valence-electron chi connectivity index (χ1n) is 7.06. The zero-order chi connectivity index (χ0) is 13.2. The molecule has 0 radical (unpaired) electrons. The van der Waals surface area contributed by atoms with Crippen molar-refractivity contribution in [2.24, 2.45) is 0 Å². The molecule has 0 amide bonds. The lowest BCUT2D eigenvalue weighted by Crippen LogP contribution is -2.29. The minimum absolute atomic E-state index is 0.831. The fourth-order valence-corrected chi connectivity index (χ4v) is 2.88. The number of nitrogens with two attached hydrogens (primary N) is 1. The molecule has 1 aliphatic rings. The van der Waals surface area contributed by atoms with Gasteiger partial charge in [0.05, 0.1) is 0 Å². The molecule has 0 saturated heterocycles. The number of aromatic nitrogens is 1. The van der Waals surface area contributed by atoms with Crippen molar-refractivity contribution in [3.8, 4) is 0 Å². The van der Waals surface area contributed by atoms with Crippen LogP contribution in [0, 0.1) is 0 Å². The fourth-order valence-electron chi connectivity index (χ4n) is 2.88. The van der Waals surface area contributed by atoms with Crippen LogP contribution in [0.4, 0.5) is 5.69 Å². The van der Waals surface area contributed by atoms with Gasteiger partial charge in [-0.1, -0.05) is 13.0 Å². The monoisotopic (exact) mass is 255 g/mol. The molecule has 0 unspecified atom stereocenters. The largest absolute Gasteiger partial charge is 0.399 e. The van der Waals surface area contributed by atoms with Crippen LogP contribution < -0.4 is 5.73 Å². The van der Waals surface area contributed by atoms with Crippen LogP contribution in [0.5, 0.6) is 0 Å². The third-order valence-corrected chi connectivity index (χ3v) is 3.88. The Morgan fingerprint density at radius 1 is 1.37 bits per heavy atom. The van der Waals surface area contributed by atoms with Crippen LogP contribution in [0.2, 0.25) is 0 Å². The quantitative estimate of drug-likeness (QED) is 0.827. The van der Waals surface area contributed by atoms with Crippen LogP contribution in [-0.4, -0.2) is 29.5 Å². The fraction of sp³-hybridized carbons (Fsp3) is 0.375. The van der Waals surface area contributed by atoms with E-state index in [-0.39, 0.29) is 0 Å². The molecule has 0 spiro atoms. The van der Waals surface area contributed by atoms with Crippen LogP contribution in [0.3, 0.4) is 0 Å². The summed E-state index contributed by atoms with van der Waals surface area (Å²) in [5.41, 5.74) is 10.7. The molecule has 1 aliphatic heterocycles. The van der Waals surface area contributed by atoms with E-state index in [9.17, 15) is 0 Å². The molecule has 0 saturated carbocycles. The number of hydrogen-bond acceptors (Lipinski definition) is 2. The third kappa shape index (κ3) is 2.38. The molecule has 100 valence electrons. The van der Waals surface area contributed by atoms with E-state index in [0.29, 0.717) is 0 Å². The lowest BCUT2D eigenvalue weighted by molar-refractivity contribution is 0.302. The standard InChI is InChI=1S/C16H21N3/c1-2-7-19-8-5-12(6-9-19)15-11-18-16-4-3-13(17)10-14(15)16/h3-5,10-11,18H,2,6-9,17H2,1H3. The van der Waals surface area contributed by atoms with Gasteiger partial charge in [0.25, 0.3) is 0 Å². The van der Waals surface area contributed by atoms with Gasteiger partial charge in [-0.15, -0.1) is 0 Å². The smallest absolute Gasteiger partial charge is 0.0461 e. The summed E-state index contributed by atoms with van der Waals surface area (Å²) < 4.78 is 0. The zero-order valence-electron chi connectivity index (χ0n) is 11.4. The number of fused-ring (bicyclic) bond motifs is 1. The molecule has 2 aromatic rings. The van der Waals surface area contributed by atoms with Crippen molar-refractivity contribution in [2.45, 2.75) is 19.8 Å². The van der Waals surface area contributed by atoms with Gasteiger partial charge in [0.2, 0.25) is 0 Å². The van der Waals surface area contributed by atoms with Crippen molar-refractivity contribution in [1.82, 2.24) is 9.88 Å². The molecule has 3 nitrogen and oxygen atoms in total. The highest BCUT2D eigenvalue weighted by Gasteiger charge is 2.14. The highest BCUT2D eigenvalue weighted by molar-refractivity contribution is 5.94. The third-order valence-electron chi connectivity index (χ3n) is 3.88. The van der Waals surface area contributed by atoms with Crippen molar-refractivity contribution < 1.29 is 0 Å². The second-order valence-electron chi connectivity index (χ2n) is 5.29. The van der Waals surface area contributed by atoms with E-state index in [2.05, 4.69) is 41.2 Å². The average molecular weight is 255 g/mol. The van der Waals surface area contributed by atoms with Crippen LogP contribution in [0.15, 0.2) is 30.5 Å². The summed E-state index contributed by atoms with van der Waals surface area (Å²) in [5.74, 6) is 0. The Hall–Kier alpha value is -1.74. The molecule has 0 atom stereocenters. The van der Waals surface area contributed by atoms with E-state index in [0.717, 1.165) is 25.2 Å². The van der Waals surface area contributed by atoms with Gasteiger partial charge >= 0.3 is 0 Å². The number of benzene rings is 1. The summed E-state index contributed by atoms with van der Waals surface area (Å²) in [7, 11) is 0. The number of nitrogen functional groups attached to an aromatic ring is 1. The Morgan fingerprint density at radius 3 is 3.00 bits per heavy atom. The van der Waals surface area contributed by atoms with Gasteiger partial charge in [-0.3, -0.25) is 4.90 Å². The highest BCUT2D eigenvalue weighted by Crippen LogP contribution is 2.30. The Balaban J connectivity index is 1.91. The summed E-state index contributed by atoms with van der Waals surface area (Å²) in [6.45, 7) is 5.67. The summed E-state index contributed by atoms with van der Waals surface area (Å²) in [6, 6.07) is 6.07. The maximum atomic E-state index is 5.90. The van der Waals surface area contributed by atoms with Crippen molar-refractivity contribution in [2.75, 3.05) is 25.4 Å². The van der Waals surface area contributed by atoms with Crippen LogP contribution >= 0.6 is 0 Å². The maximum Gasteiger partial charge on any atom is 0.0461 e. The van der Waals surface area contributed by atoms with Crippen molar-refractivity contribution in [3.63, 3.8) is 0 Å². The van der Waals surface area contributed by atoms with Gasteiger partial charge in [-0.05, 0) is 43.2 Å². The number of anilines is 1. The molecular formula is C16H21N3. The Labute approximate surface area is 114 Å². The minimum atomic E-state index is 0.831.